The van der Waals surface area contributed by atoms with Crippen LogP contribution in [0.15, 0.2) is 24.3 Å². The average molecular weight is 867 g/mol. The molecule has 1 rings (SSSR count). The van der Waals surface area contributed by atoms with Crippen molar-refractivity contribution in [3.63, 3.8) is 0 Å². The number of ketones is 4. The molecule has 52 heavy (non-hydrogen) atoms. The summed E-state index contributed by atoms with van der Waals surface area (Å²) < 4.78 is 100. The fraction of sp³-hybridized carbons (Fsp3) is 0.600. The van der Waals surface area contributed by atoms with Crippen LogP contribution < -0.4 is 103 Å². The fourth-order valence-electron chi connectivity index (χ4n) is 4.18. The van der Waals surface area contributed by atoms with Gasteiger partial charge < -0.3 is 27.8 Å². The number of rotatable bonds is 20. The van der Waals surface area contributed by atoms with Crippen LogP contribution in [0.3, 0.4) is 0 Å². The van der Waals surface area contributed by atoms with Crippen molar-refractivity contribution in [3.05, 3.63) is 35.4 Å². The van der Waals surface area contributed by atoms with Gasteiger partial charge in [-0.05, 0) is 24.7 Å². The van der Waals surface area contributed by atoms with Crippen molar-refractivity contribution in [3.8, 4) is 11.8 Å². The van der Waals surface area contributed by atoms with Gasteiger partial charge in [0, 0.05) is 21.6 Å². The van der Waals surface area contributed by atoms with E-state index in [1.54, 1.807) is 27.7 Å². The van der Waals surface area contributed by atoms with E-state index in [1.165, 1.54) is 24.3 Å². The van der Waals surface area contributed by atoms with Gasteiger partial charge in [-0.25, -0.2) is 0 Å². The molecule has 0 radical (unpaired) electrons. The summed E-state index contributed by atoms with van der Waals surface area (Å²) in [5, 5.41) is -5.25. The van der Waals surface area contributed by atoms with Gasteiger partial charge in [-0.2, -0.15) is 16.8 Å². The molecule has 0 saturated heterocycles. The summed E-state index contributed by atoms with van der Waals surface area (Å²) in [6.07, 6.45) is 2.28. The van der Waals surface area contributed by atoms with E-state index in [2.05, 4.69) is 8.37 Å². The zero-order valence-electron chi connectivity index (χ0n) is 30.5. The Kier molecular flexibility index (Phi) is 37.3. The summed E-state index contributed by atoms with van der Waals surface area (Å²) in [6.45, 7) is 6.92. The smallest absolute Gasteiger partial charge is 0.870 e. The van der Waals surface area contributed by atoms with Crippen LogP contribution in [0.1, 0.15) is 99.8 Å². The Labute approximate surface area is 395 Å². The number of hydrogen-bond acceptors (Lipinski definition) is 18. The quantitative estimate of drug-likeness (QED) is 0.0317. The maximum Gasteiger partial charge on any atom is 1.00 e. The van der Waals surface area contributed by atoms with Crippen LogP contribution in [0.2, 0.25) is 0 Å². The summed E-state index contributed by atoms with van der Waals surface area (Å²) >= 11 is 0. The van der Waals surface area contributed by atoms with Crippen LogP contribution in [0.25, 0.3) is 0 Å². The molecule has 0 aliphatic heterocycles. The average Bonchev–Trinajstić information content (AvgIpc) is 3.05. The third-order valence-corrected chi connectivity index (χ3v) is 11.8. The number of benzene rings is 1. The normalized spacial score (nSPS) is 13.0. The number of hydrogen-bond donors (Lipinski definition) is 0. The second-order valence-electron chi connectivity index (χ2n) is 10.2. The first kappa shape index (κ1) is 61.6. The van der Waals surface area contributed by atoms with Crippen LogP contribution in [-0.2, 0) is 76.4 Å². The van der Waals surface area contributed by atoms with Crippen LogP contribution in [0.5, 0.6) is 0 Å². The van der Waals surface area contributed by atoms with Gasteiger partial charge in [0.25, 0.3) is 20.2 Å². The predicted octanol–water partition coefficient (Wildman–Crippen LogP) is -2.92. The standard InChI is InChI=1S/C17H23O7S2.C13H19O7S2.2K.2H2O/c1-4-6-14(25(20)21)16(18)12-8-10-13(11-9-12)17(19)15(7-5-2)26(22,23)24-3;1-4-6-12(21(16)17)10(14)8-9-11(15)13(7-5-2)22(18,19)20-3;;;;/h8-11,14-15H,4-7H2,1-3H3;12-13H,4-7H2,1-3H3;;;2*1H2/q2*-1;2*+1;;/p-2. The molecule has 16 nitrogen and oxygen atoms in total. The first-order chi connectivity index (χ1) is 22.4. The van der Waals surface area contributed by atoms with E-state index in [-0.39, 0.29) is 151 Å². The van der Waals surface area contributed by atoms with Crippen LogP contribution >= 0.6 is 0 Å². The van der Waals surface area contributed by atoms with Gasteiger partial charge >= 0.3 is 103 Å². The van der Waals surface area contributed by atoms with Crippen LogP contribution in [-0.4, -0.2) is 86.1 Å². The topological polar surface area (TPSA) is 283 Å². The number of carbonyl (C=O) groups is 4. The second kappa shape index (κ2) is 31.5. The van der Waals surface area contributed by atoms with Gasteiger partial charge in [-0.1, -0.05) is 112 Å². The molecule has 0 aromatic heterocycles. The van der Waals surface area contributed by atoms with Gasteiger partial charge in [0.15, 0.2) is 22.6 Å². The van der Waals surface area contributed by atoms with E-state index < -0.39 is 85.8 Å². The molecule has 288 valence electrons. The van der Waals surface area contributed by atoms with E-state index in [1.807, 2.05) is 11.8 Å². The van der Waals surface area contributed by atoms with E-state index >= 15 is 0 Å². The van der Waals surface area contributed by atoms with Crippen LogP contribution in [0, 0.1) is 11.8 Å². The molecule has 1 aromatic carbocycles. The fourth-order valence-corrected chi connectivity index (χ4v) is 7.81. The first-order valence-corrected chi connectivity index (χ1v) is 20.1. The van der Waals surface area contributed by atoms with E-state index in [4.69, 9.17) is 0 Å². The molecule has 4 atom stereocenters. The Balaban J connectivity index is -0.000000266. The minimum atomic E-state index is -4.10. The molecule has 0 fully saturated rings. The van der Waals surface area contributed by atoms with E-state index in [0.717, 1.165) is 14.2 Å². The third-order valence-electron chi connectivity index (χ3n) is 6.76. The Bertz CT molecular complexity index is 1690. The molecule has 0 saturated carbocycles. The Morgan fingerprint density at radius 3 is 1.27 bits per heavy atom. The molecule has 0 spiro atoms. The zero-order valence-corrected chi connectivity index (χ0v) is 40.0. The molecule has 4 unspecified atom stereocenters. The monoisotopic (exact) mass is 866 g/mol. The SMILES string of the molecule is CCCC(C(=O)C#CC(=O)C(CCC)S(=O)(=O)OC)[S-](=O)=O.CCCC(C(=O)c1ccc(C(=O)C(CCC)S(=O)(=O)OC)cc1)[S-](=O)=O.[K+].[K+].[OH-].[OH-]. The summed E-state index contributed by atoms with van der Waals surface area (Å²) in [7, 11) is -11.4. The number of Topliss-reactive ketones (excluding diaryl/α,β-unsaturated/α-hetero) is 4. The molecule has 1 aromatic rings. The maximum absolute atomic E-state index is 12.5. The molecular formula is C30H44K2O16S4-2. The Hall–Kier alpha value is 0.373. The van der Waals surface area contributed by atoms with Crippen molar-refractivity contribution in [2.45, 2.75) is 100 Å². The predicted molar refractivity (Wildman–Crippen MR) is 181 cm³/mol. The molecule has 0 heterocycles. The molecule has 0 bridgehead atoms. The maximum atomic E-state index is 12.5. The Morgan fingerprint density at radius 2 is 0.904 bits per heavy atom. The van der Waals surface area contributed by atoms with Crippen molar-refractivity contribution in [2.24, 2.45) is 0 Å². The van der Waals surface area contributed by atoms with Crippen molar-refractivity contribution < 1.29 is 175 Å². The minimum Gasteiger partial charge on any atom is -0.870 e. The summed E-state index contributed by atoms with van der Waals surface area (Å²) in [4.78, 5) is 48.4. The first-order valence-electron chi connectivity index (χ1n) is 14.9. The van der Waals surface area contributed by atoms with Crippen molar-refractivity contribution in [2.75, 3.05) is 14.2 Å². The zero-order chi connectivity index (χ0) is 37.2. The van der Waals surface area contributed by atoms with E-state index in [0.29, 0.717) is 25.7 Å². The van der Waals surface area contributed by atoms with Gasteiger partial charge in [0.05, 0.1) is 14.2 Å². The van der Waals surface area contributed by atoms with Crippen molar-refractivity contribution >= 4 is 64.8 Å². The van der Waals surface area contributed by atoms with Crippen molar-refractivity contribution in [1.82, 2.24) is 0 Å². The summed E-state index contributed by atoms with van der Waals surface area (Å²) in [5.41, 5.74) is 0.279. The van der Waals surface area contributed by atoms with Gasteiger partial charge in [-0.3, -0.25) is 27.5 Å². The molecule has 0 amide bonds. The second-order valence-corrected chi connectivity index (χ2v) is 16.2. The molecule has 22 heteroatoms. The summed E-state index contributed by atoms with van der Waals surface area (Å²) in [6, 6.07) is 5.35. The third kappa shape index (κ3) is 20.5. The largest absolute Gasteiger partial charge is 1.00 e. The molecule has 2 N–H and O–H groups in total. The van der Waals surface area contributed by atoms with Crippen LogP contribution in [0.4, 0.5) is 0 Å². The minimum absolute atomic E-state index is 0. The van der Waals surface area contributed by atoms with Crippen molar-refractivity contribution in [1.29, 1.82) is 0 Å². The van der Waals surface area contributed by atoms with Gasteiger partial charge in [0.1, 0.15) is 5.25 Å². The molecule has 0 aliphatic rings. The van der Waals surface area contributed by atoms with E-state index in [9.17, 15) is 52.8 Å². The van der Waals surface area contributed by atoms with Gasteiger partial charge in [-0.15, -0.1) is 0 Å². The molecular weight excluding hydrogens is 823 g/mol. The Morgan fingerprint density at radius 1 is 0.577 bits per heavy atom. The number of carbonyl (C=O) groups excluding carboxylic acids is 4. The molecule has 0 aliphatic carbocycles. The van der Waals surface area contributed by atoms with Gasteiger partial charge in [0.2, 0.25) is 5.78 Å². The summed E-state index contributed by atoms with van der Waals surface area (Å²) in [5.74, 6) is 0.790.